The summed E-state index contributed by atoms with van der Waals surface area (Å²) in [7, 11) is 3.34. The van der Waals surface area contributed by atoms with Crippen LogP contribution in [0.25, 0.3) is 0 Å². The monoisotopic (exact) mass is 209 g/mol. The number of nitrogens with two attached hydrogens (primary N) is 1. The number of aromatic nitrogens is 2. The first-order chi connectivity index (χ1) is 7.15. The summed E-state index contributed by atoms with van der Waals surface area (Å²) >= 11 is 0. The summed E-state index contributed by atoms with van der Waals surface area (Å²) in [6, 6.07) is 3.34. The molecule has 0 atom stereocenters. The summed E-state index contributed by atoms with van der Waals surface area (Å²) in [5, 5.41) is 10.6. The van der Waals surface area contributed by atoms with Crippen molar-refractivity contribution in [3.8, 4) is 0 Å². The second-order valence-electron chi connectivity index (χ2n) is 3.22. The Morgan fingerprint density at radius 2 is 2.20 bits per heavy atom. The zero-order chi connectivity index (χ0) is 11.3. The molecule has 82 valence electrons. The van der Waals surface area contributed by atoms with Gasteiger partial charge in [-0.25, -0.2) is 0 Å². The highest BCUT2D eigenvalue weighted by Gasteiger charge is 2.09. The molecule has 0 saturated heterocycles. The van der Waals surface area contributed by atoms with Crippen molar-refractivity contribution in [3.63, 3.8) is 0 Å². The van der Waals surface area contributed by atoms with Crippen LogP contribution in [0.5, 0.6) is 0 Å². The summed E-state index contributed by atoms with van der Waals surface area (Å²) in [4.78, 5) is 12.9. The number of nitrogens with one attached hydrogen (secondary N) is 1. The van der Waals surface area contributed by atoms with Crippen LogP contribution in [0.3, 0.4) is 0 Å². The molecule has 6 nitrogen and oxygen atoms in total. The van der Waals surface area contributed by atoms with Crippen molar-refractivity contribution in [2.24, 2.45) is 5.73 Å². The first-order valence-electron chi connectivity index (χ1n) is 4.64. The fourth-order valence-electron chi connectivity index (χ4n) is 0.970. The summed E-state index contributed by atoms with van der Waals surface area (Å²) in [6.45, 7) is 1.16. The topological polar surface area (TPSA) is 84.1 Å². The van der Waals surface area contributed by atoms with E-state index >= 15 is 0 Å². The molecule has 0 aliphatic rings. The fraction of sp³-hybridized carbons (Fsp3) is 0.444. The third-order valence-electron chi connectivity index (χ3n) is 1.74. The highest BCUT2D eigenvalue weighted by atomic mass is 16.2. The van der Waals surface area contributed by atoms with E-state index in [9.17, 15) is 4.79 Å². The smallest absolute Gasteiger partial charge is 0.273 e. The molecule has 0 unspecified atom stereocenters. The normalized spacial score (nSPS) is 9.80. The number of hydrogen-bond acceptors (Lipinski definition) is 5. The van der Waals surface area contributed by atoms with Crippen molar-refractivity contribution >= 4 is 11.7 Å². The molecule has 0 aliphatic heterocycles. The van der Waals surface area contributed by atoms with Gasteiger partial charge < -0.3 is 16.0 Å². The molecule has 0 saturated carbocycles. The minimum absolute atomic E-state index is 0.159. The van der Waals surface area contributed by atoms with Gasteiger partial charge in [0, 0.05) is 27.2 Å². The molecule has 0 aromatic carbocycles. The predicted molar refractivity (Wildman–Crippen MR) is 57.6 cm³/mol. The van der Waals surface area contributed by atoms with Gasteiger partial charge >= 0.3 is 0 Å². The van der Waals surface area contributed by atoms with Gasteiger partial charge in [0.05, 0.1) is 0 Å². The maximum absolute atomic E-state index is 11.5. The van der Waals surface area contributed by atoms with Gasteiger partial charge in [-0.15, -0.1) is 10.2 Å². The average molecular weight is 209 g/mol. The summed E-state index contributed by atoms with van der Waals surface area (Å²) in [5.74, 6) is 0.462. The third kappa shape index (κ3) is 3.17. The molecule has 1 rings (SSSR count). The van der Waals surface area contributed by atoms with E-state index in [0.717, 1.165) is 0 Å². The van der Waals surface area contributed by atoms with E-state index in [1.807, 2.05) is 0 Å². The Labute approximate surface area is 88.5 Å². The van der Waals surface area contributed by atoms with E-state index in [-0.39, 0.29) is 5.91 Å². The number of amides is 1. The molecule has 1 amide bonds. The minimum atomic E-state index is -0.159. The molecule has 6 heteroatoms. The Morgan fingerprint density at radius 3 is 2.67 bits per heavy atom. The van der Waals surface area contributed by atoms with Crippen LogP contribution in [0.15, 0.2) is 12.1 Å². The lowest BCUT2D eigenvalue weighted by atomic mass is 10.3. The molecule has 1 aromatic heterocycles. The van der Waals surface area contributed by atoms with Gasteiger partial charge in [-0.2, -0.15) is 0 Å². The van der Waals surface area contributed by atoms with Crippen LogP contribution in [0, 0.1) is 0 Å². The quantitative estimate of drug-likeness (QED) is 0.701. The summed E-state index contributed by atoms with van der Waals surface area (Å²) < 4.78 is 0. The van der Waals surface area contributed by atoms with Crippen molar-refractivity contribution in [2.45, 2.75) is 0 Å². The Hall–Kier alpha value is -1.69. The summed E-state index contributed by atoms with van der Waals surface area (Å²) in [6.07, 6.45) is 0. The molecular formula is C9H15N5O. The van der Waals surface area contributed by atoms with E-state index in [2.05, 4.69) is 15.5 Å². The van der Waals surface area contributed by atoms with Gasteiger partial charge in [-0.1, -0.05) is 0 Å². The molecule has 1 aromatic rings. The van der Waals surface area contributed by atoms with Crippen LogP contribution < -0.4 is 11.1 Å². The Balaban J connectivity index is 2.68. The van der Waals surface area contributed by atoms with Crippen molar-refractivity contribution in [1.82, 2.24) is 15.1 Å². The number of carbonyl (C=O) groups is 1. The molecule has 0 radical (unpaired) electrons. The molecule has 0 bridgehead atoms. The first kappa shape index (κ1) is 11.4. The average Bonchev–Trinajstić information content (AvgIpc) is 2.26. The van der Waals surface area contributed by atoms with Crippen molar-refractivity contribution < 1.29 is 4.79 Å². The summed E-state index contributed by atoms with van der Waals surface area (Å²) in [5.41, 5.74) is 5.65. The molecule has 0 aliphatic carbocycles. The molecule has 0 spiro atoms. The number of hydrogen-bond donors (Lipinski definition) is 2. The number of carbonyl (C=O) groups excluding carboxylic acids is 1. The van der Waals surface area contributed by atoms with Crippen LogP contribution >= 0.6 is 0 Å². The van der Waals surface area contributed by atoms with E-state index < -0.39 is 0 Å². The van der Waals surface area contributed by atoms with Gasteiger partial charge in [0.15, 0.2) is 5.69 Å². The van der Waals surface area contributed by atoms with Crippen molar-refractivity contribution in [1.29, 1.82) is 0 Å². The standard InChI is InChI=1S/C9H15N5O/c1-14(2)9(15)7-3-4-8(13-12-7)11-6-5-10/h3-4H,5-6,10H2,1-2H3,(H,11,13). The zero-order valence-electron chi connectivity index (χ0n) is 8.90. The largest absolute Gasteiger partial charge is 0.367 e. The van der Waals surface area contributed by atoms with Crippen LogP contribution in [0.2, 0.25) is 0 Å². The van der Waals surface area contributed by atoms with E-state index in [1.54, 1.807) is 26.2 Å². The fourth-order valence-corrected chi connectivity index (χ4v) is 0.970. The maximum atomic E-state index is 11.5. The Morgan fingerprint density at radius 1 is 1.47 bits per heavy atom. The zero-order valence-corrected chi connectivity index (χ0v) is 8.90. The van der Waals surface area contributed by atoms with Crippen LogP contribution in [-0.4, -0.2) is 48.2 Å². The lowest BCUT2D eigenvalue weighted by molar-refractivity contribution is 0.0821. The van der Waals surface area contributed by atoms with E-state index in [1.165, 1.54) is 4.90 Å². The van der Waals surface area contributed by atoms with Gasteiger partial charge in [0.1, 0.15) is 5.82 Å². The van der Waals surface area contributed by atoms with Crippen LogP contribution in [-0.2, 0) is 0 Å². The predicted octanol–water partition coefficient (Wildman–Crippen LogP) is -0.451. The molecular weight excluding hydrogens is 194 g/mol. The van der Waals surface area contributed by atoms with Crippen LogP contribution in [0.1, 0.15) is 10.5 Å². The highest BCUT2D eigenvalue weighted by molar-refractivity contribution is 5.91. The second kappa shape index (κ2) is 5.26. The minimum Gasteiger partial charge on any atom is -0.367 e. The van der Waals surface area contributed by atoms with Crippen molar-refractivity contribution in [3.05, 3.63) is 17.8 Å². The number of rotatable bonds is 4. The van der Waals surface area contributed by atoms with E-state index in [4.69, 9.17) is 5.73 Å². The SMILES string of the molecule is CN(C)C(=O)c1ccc(NCCN)nn1. The first-order valence-corrected chi connectivity index (χ1v) is 4.64. The number of anilines is 1. The maximum Gasteiger partial charge on any atom is 0.273 e. The van der Waals surface area contributed by atoms with Gasteiger partial charge in [0.25, 0.3) is 5.91 Å². The second-order valence-corrected chi connectivity index (χ2v) is 3.22. The van der Waals surface area contributed by atoms with Crippen LogP contribution in [0.4, 0.5) is 5.82 Å². The van der Waals surface area contributed by atoms with Gasteiger partial charge in [-0.05, 0) is 12.1 Å². The van der Waals surface area contributed by atoms with E-state index in [0.29, 0.717) is 24.6 Å². The molecule has 0 fully saturated rings. The third-order valence-corrected chi connectivity index (χ3v) is 1.74. The van der Waals surface area contributed by atoms with Crippen molar-refractivity contribution in [2.75, 3.05) is 32.5 Å². The van der Waals surface area contributed by atoms with Gasteiger partial charge in [-0.3, -0.25) is 4.79 Å². The number of nitrogens with zero attached hydrogens (tertiary/aromatic N) is 3. The Kier molecular flexibility index (Phi) is 3.99. The lowest BCUT2D eigenvalue weighted by Gasteiger charge is -2.09. The molecule has 1 heterocycles. The molecule has 15 heavy (non-hydrogen) atoms. The Bertz CT molecular complexity index is 322. The highest BCUT2D eigenvalue weighted by Crippen LogP contribution is 2.02. The lowest BCUT2D eigenvalue weighted by Crippen LogP contribution is -2.23. The molecule has 3 N–H and O–H groups in total. The van der Waals surface area contributed by atoms with Gasteiger partial charge in [0.2, 0.25) is 0 Å².